The first kappa shape index (κ1) is 33.0. The number of hydrogen-bond acceptors (Lipinski definition) is 4. The Morgan fingerprint density at radius 2 is 0.806 bits per heavy atom. The average molecular weight is 445 g/mol. The van der Waals surface area contributed by atoms with Crippen LogP contribution >= 0.6 is 0 Å². The van der Waals surface area contributed by atoms with Gasteiger partial charge in [0.15, 0.2) is 0 Å². The molecule has 0 saturated carbocycles. The molecule has 0 radical (unpaired) electrons. The normalized spacial score (nSPS) is 25.7. The summed E-state index contributed by atoms with van der Waals surface area (Å²) in [6.07, 6.45) is 2.69. The van der Waals surface area contributed by atoms with Gasteiger partial charge in [-0.25, -0.2) is 0 Å². The highest BCUT2D eigenvalue weighted by molar-refractivity contribution is 5.01. The Hall–Kier alpha value is -0.160. The Bertz CT molecular complexity index is 523. The van der Waals surface area contributed by atoms with Gasteiger partial charge in [-0.15, -0.1) is 0 Å². The molecule has 2 rings (SSSR count). The highest BCUT2D eigenvalue weighted by Crippen LogP contribution is 2.40. The first-order valence-corrected chi connectivity index (χ1v) is 11.6. The summed E-state index contributed by atoms with van der Waals surface area (Å²) < 4.78 is 0. The average Bonchev–Trinajstić information content (AvgIpc) is 2.90. The van der Waals surface area contributed by atoms with E-state index in [1.54, 1.807) is 0 Å². The Kier molecular flexibility index (Phi) is 11.1. The van der Waals surface area contributed by atoms with Crippen LogP contribution in [0.2, 0.25) is 0 Å². The third-order valence-corrected chi connectivity index (χ3v) is 7.53. The molecule has 190 valence electrons. The van der Waals surface area contributed by atoms with Crippen LogP contribution in [-0.4, -0.2) is 68.5 Å². The van der Waals surface area contributed by atoms with Gasteiger partial charge >= 0.3 is 0 Å². The molecule has 0 aromatic heterocycles. The van der Waals surface area contributed by atoms with Crippen molar-refractivity contribution in [2.24, 2.45) is 10.8 Å². The number of nitrogens with zero attached hydrogens (tertiary/aromatic N) is 2. The number of hydrogen-bond donors (Lipinski definition) is 2. The lowest BCUT2D eigenvalue weighted by molar-refractivity contribution is -0.109. The summed E-state index contributed by atoms with van der Waals surface area (Å²) in [5.41, 5.74) is -0.603. The van der Waals surface area contributed by atoms with Crippen molar-refractivity contribution in [2.75, 3.05) is 26.2 Å². The van der Waals surface area contributed by atoms with Crippen LogP contribution in [0.25, 0.3) is 0 Å². The van der Waals surface area contributed by atoms with E-state index in [1.807, 2.05) is 0 Å². The minimum Gasteiger partial charge on any atom is -0.389 e. The number of likely N-dealkylation sites (tertiary alicyclic amines) is 2. The topological polar surface area (TPSA) is 46.9 Å². The molecule has 1 unspecified atom stereocenters. The van der Waals surface area contributed by atoms with Gasteiger partial charge in [-0.05, 0) is 71.6 Å². The van der Waals surface area contributed by atoms with E-state index < -0.39 is 11.2 Å². The summed E-state index contributed by atoms with van der Waals surface area (Å²) in [4.78, 5) is 4.84. The zero-order chi connectivity index (χ0) is 23.1. The molecule has 2 aliphatic rings. The fraction of sp³-hybridized carbons (Fsp3) is 1.00. The molecule has 2 aliphatic heterocycles. The number of rotatable bonds is 0. The van der Waals surface area contributed by atoms with Crippen molar-refractivity contribution in [3.05, 3.63) is 0 Å². The zero-order valence-corrected chi connectivity index (χ0v) is 21.7. The monoisotopic (exact) mass is 444 g/mol. The van der Waals surface area contributed by atoms with Crippen LogP contribution in [0.3, 0.4) is 0 Å². The van der Waals surface area contributed by atoms with Crippen molar-refractivity contribution in [1.82, 2.24) is 9.80 Å². The molecule has 4 heteroatoms. The lowest BCUT2D eigenvalue weighted by Crippen LogP contribution is -2.55. The highest BCUT2D eigenvalue weighted by Gasteiger charge is 2.47. The Balaban J connectivity index is 0. The smallest absolute Gasteiger partial charge is 0.0834 e. The molecule has 0 amide bonds. The Morgan fingerprint density at radius 3 is 1.03 bits per heavy atom. The third kappa shape index (κ3) is 8.28. The van der Waals surface area contributed by atoms with Crippen LogP contribution in [0.15, 0.2) is 0 Å². The quantitative estimate of drug-likeness (QED) is 0.467. The van der Waals surface area contributed by atoms with Crippen molar-refractivity contribution in [3.63, 3.8) is 0 Å². The summed E-state index contributed by atoms with van der Waals surface area (Å²) in [7, 11) is 0. The van der Waals surface area contributed by atoms with Crippen LogP contribution < -0.4 is 0 Å². The van der Waals surface area contributed by atoms with Crippen molar-refractivity contribution >= 4 is 0 Å². The molecule has 2 saturated heterocycles. The lowest BCUT2D eigenvalue weighted by atomic mass is 9.70. The second-order valence-corrected chi connectivity index (χ2v) is 13.6. The second-order valence-electron chi connectivity index (χ2n) is 13.6. The predicted molar refractivity (Wildman–Crippen MR) is 139 cm³/mol. The van der Waals surface area contributed by atoms with E-state index in [4.69, 9.17) is 0 Å². The summed E-state index contributed by atoms with van der Waals surface area (Å²) in [6.45, 7) is 30.0. The molecule has 4 nitrogen and oxygen atoms in total. The van der Waals surface area contributed by atoms with Gasteiger partial charge in [0.25, 0.3) is 0 Å². The maximum absolute atomic E-state index is 10.6. The summed E-state index contributed by atoms with van der Waals surface area (Å²) in [5, 5.41) is 21.1. The van der Waals surface area contributed by atoms with E-state index in [-0.39, 0.29) is 36.8 Å². The van der Waals surface area contributed by atoms with Gasteiger partial charge in [-0.1, -0.05) is 56.4 Å². The van der Waals surface area contributed by atoms with E-state index in [2.05, 4.69) is 92.9 Å². The van der Waals surface area contributed by atoms with Crippen LogP contribution in [0, 0.1) is 10.8 Å². The predicted octanol–water partition coefficient (Wildman–Crippen LogP) is 6.20. The fourth-order valence-electron chi connectivity index (χ4n) is 4.28. The Morgan fingerprint density at radius 1 is 0.516 bits per heavy atom. The van der Waals surface area contributed by atoms with Gasteiger partial charge in [0, 0.05) is 37.3 Å². The SMILES string of the molecule is C.C.CC(C)(C)N1CCC(O)(C(C)(C)C)C1.CC(C)(C)N1CCC(O)(C(C)(C)C)CC1. The van der Waals surface area contributed by atoms with Gasteiger partial charge in [-0.3, -0.25) is 9.80 Å². The molecule has 31 heavy (non-hydrogen) atoms. The molecule has 0 spiro atoms. The minimum atomic E-state index is -0.514. The molecule has 2 fully saturated rings. The van der Waals surface area contributed by atoms with Crippen LogP contribution in [0.4, 0.5) is 0 Å². The van der Waals surface area contributed by atoms with Crippen LogP contribution in [-0.2, 0) is 0 Å². The van der Waals surface area contributed by atoms with E-state index in [9.17, 15) is 10.2 Å². The highest BCUT2D eigenvalue weighted by atomic mass is 16.3. The minimum absolute atomic E-state index is 0. The van der Waals surface area contributed by atoms with E-state index in [0.29, 0.717) is 0 Å². The molecule has 1 atom stereocenters. The van der Waals surface area contributed by atoms with Crippen molar-refractivity contribution < 1.29 is 10.2 Å². The van der Waals surface area contributed by atoms with Gasteiger partial charge in [-0.2, -0.15) is 0 Å². The van der Waals surface area contributed by atoms with Crippen molar-refractivity contribution in [3.8, 4) is 0 Å². The number of β-amino-alcohol motifs (C(OH)–C–C–N with tert-alkyl or cyclic N) is 1. The Labute approximate surface area is 196 Å². The first-order valence-electron chi connectivity index (χ1n) is 11.6. The van der Waals surface area contributed by atoms with Gasteiger partial charge in [0.05, 0.1) is 11.2 Å². The molecular weight excluding hydrogens is 384 g/mol. The van der Waals surface area contributed by atoms with Crippen molar-refractivity contribution in [1.29, 1.82) is 0 Å². The standard InChI is InChI=1S/C13H27NO.C12H25NO.2CH4/c1-11(2,3)13(15)7-9-14(10-8-13)12(4,5)6;1-10(2,3)12(14)7-8-13(9-12)11(4,5)6;;/h15H,7-10H2,1-6H3;14H,7-9H2,1-6H3;2*1H4. The van der Waals surface area contributed by atoms with E-state index in [1.165, 1.54) is 0 Å². The molecular formula is C27H60N2O2. The summed E-state index contributed by atoms with van der Waals surface area (Å²) >= 11 is 0. The molecule has 2 N–H and O–H groups in total. The lowest BCUT2D eigenvalue weighted by Gasteiger charge is -2.49. The molecule has 0 aliphatic carbocycles. The van der Waals surface area contributed by atoms with E-state index >= 15 is 0 Å². The molecule has 0 aromatic carbocycles. The zero-order valence-electron chi connectivity index (χ0n) is 21.7. The van der Waals surface area contributed by atoms with Crippen LogP contribution in [0.1, 0.15) is 117 Å². The first-order chi connectivity index (χ1) is 12.6. The summed E-state index contributed by atoms with van der Waals surface area (Å²) in [6, 6.07) is 0. The third-order valence-electron chi connectivity index (χ3n) is 7.53. The molecule has 0 aromatic rings. The maximum atomic E-state index is 10.6. The maximum Gasteiger partial charge on any atom is 0.0834 e. The van der Waals surface area contributed by atoms with E-state index in [0.717, 1.165) is 45.4 Å². The number of piperidine rings is 1. The summed E-state index contributed by atoms with van der Waals surface area (Å²) in [5.74, 6) is 0. The van der Waals surface area contributed by atoms with Crippen molar-refractivity contribution in [2.45, 2.75) is 139 Å². The van der Waals surface area contributed by atoms with Crippen LogP contribution in [0.5, 0.6) is 0 Å². The van der Waals surface area contributed by atoms with Gasteiger partial charge in [0.1, 0.15) is 0 Å². The van der Waals surface area contributed by atoms with Gasteiger partial charge < -0.3 is 10.2 Å². The molecule has 0 bridgehead atoms. The number of aliphatic hydroxyl groups is 2. The molecule has 2 heterocycles. The fourth-order valence-corrected chi connectivity index (χ4v) is 4.28. The largest absolute Gasteiger partial charge is 0.389 e. The second kappa shape index (κ2) is 10.4. The van der Waals surface area contributed by atoms with Gasteiger partial charge in [0.2, 0.25) is 0 Å².